The Bertz CT molecular complexity index is 1420. The van der Waals surface area contributed by atoms with Crippen LogP contribution in [0.4, 0.5) is 10.7 Å². The van der Waals surface area contributed by atoms with E-state index < -0.39 is 16.8 Å². The summed E-state index contributed by atoms with van der Waals surface area (Å²) in [5.41, 5.74) is 1.22. The number of nitriles is 1. The summed E-state index contributed by atoms with van der Waals surface area (Å²) in [7, 11) is 0. The van der Waals surface area contributed by atoms with Crippen molar-refractivity contribution in [2.75, 3.05) is 11.9 Å². The number of hydrogen-bond donors (Lipinski definition) is 1. The van der Waals surface area contributed by atoms with Gasteiger partial charge in [-0.3, -0.25) is 14.9 Å². The maximum absolute atomic E-state index is 13.2. The van der Waals surface area contributed by atoms with Gasteiger partial charge in [-0.25, -0.2) is 4.79 Å². The van der Waals surface area contributed by atoms with E-state index >= 15 is 0 Å². The van der Waals surface area contributed by atoms with E-state index in [-0.39, 0.29) is 17.9 Å². The molecule has 1 aromatic heterocycles. The predicted octanol–water partition coefficient (Wildman–Crippen LogP) is 6.41. The third-order valence-corrected chi connectivity index (χ3v) is 8.02. The van der Waals surface area contributed by atoms with Crippen molar-refractivity contribution in [1.29, 1.82) is 5.26 Å². The summed E-state index contributed by atoms with van der Waals surface area (Å²) < 4.78 is 5.24. The Kier molecular flexibility index (Phi) is 8.38. The van der Waals surface area contributed by atoms with Crippen molar-refractivity contribution in [2.24, 2.45) is 0 Å². The Morgan fingerprint density at radius 2 is 1.97 bits per heavy atom. The van der Waals surface area contributed by atoms with Crippen LogP contribution in [0.1, 0.15) is 46.1 Å². The fraction of sp³-hybridized carbons (Fsp3) is 0.222. The summed E-state index contributed by atoms with van der Waals surface area (Å²) in [6.45, 7) is 1.92. The van der Waals surface area contributed by atoms with E-state index in [1.165, 1.54) is 41.3 Å². The topological polar surface area (TPSA) is 122 Å². The molecule has 0 aliphatic heterocycles. The number of nitro benzene ring substituents is 1. The number of benzene rings is 2. The SMILES string of the molecule is CCOC(=O)c1c(NC(=O)/C(C#N)=C\c2cc([N+](=O)[O-])ccc2Sc2ccccc2)sc2c1CCCC2. The minimum absolute atomic E-state index is 0.156. The van der Waals surface area contributed by atoms with Gasteiger partial charge in [0, 0.05) is 26.8 Å². The lowest BCUT2D eigenvalue weighted by molar-refractivity contribution is -0.384. The smallest absolute Gasteiger partial charge is 0.341 e. The lowest BCUT2D eigenvalue weighted by atomic mass is 9.95. The molecule has 0 spiro atoms. The molecular formula is C27H23N3O5S2. The minimum Gasteiger partial charge on any atom is -0.462 e. The van der Waals surface area contributed by atoms with Gasteiger partial charge in [0.2, 0.25) is 0 Å². The maximum Gasteiger partial charge on any atom is 0.341 e. The third-order valence-electron chi connectivity index (χ3n) is 5.72. The average Bonchev–Trinajstić information content (AvgIpc) is 3.26. The largest absolute Gasteiger partial charge is 0.462 e. The van der Waals surface area contributed by atoms with Crippen LogP contribution < -0.4 is 5.32 Å². The number of esters is 1. The number of nitrogens with one attached hydrogen (secondary N) is 1. The van der Waals surface area contributed by atoms with Gasteiger partial charge in [-0.2, -0.15) is 5.26 Å². The van der Waals surface area contributed by atoms with Crippen LogP contribution in [-0.4, -0.2) is 23.4 Å². The Balaban J connectivity index is 1.69. The molecule has 37 heavy (non-hydrogen) atoms. The first-order valence-corrected chi connectivity index (χ1v) is 13.3. The van der Waals surface area contributed by atoms with Crippen LogP contribution in [0.15, 0.2) is 63.9 Å². The number of ether oxygens (including phenoxy) is 1. The van der Waals surface area contributed by atoms with Gasteiger partial charge < -0.3 is 10.1 Å². The summed E-state index contributed by atoms with van der Waals surface area (Å²) in [5, 5.41) is 24.3. The molecule has 0 fully saturated rings. The number of carbonyl (C=O) groups excluding carboxylic acids is 2. The van der Waals surface area contributed by atoms with Gasteiger partial charge >= 0.3 is 5.97 Å². The van der Waals surface area contributed by atoms with E-state index in [0.29, 0.717) is 21.0 Å². The molecule has 0 atom stereocenters. The average molecular weight is 534 g/mol. The molecule has 0 radical (unpaired) electrons. The van der Waals surface area contributed by atoms with Gasteiger partial charge in [-0.1, -0.05) is 30.0 Å². The van der Waals surface area contributed by atoms with E-state index in [4.69, 9.17) is 4.74 Å². The number of nitro groups is 1. The summed E-state index contributed by atoms with van der Waals surface area (Å²) in [4.78, 5) is 39.4. The number of fused-ring (bicyclic) bond motifs is 1. The van der Waals surface area contributed by atoms with Gasteiger partial charge in [0.05, 0.1) is 17.1 Å². The van der Waals surface area contributed by atoms with Crippen molar-refractivity contribution >= 4 is 51.7 Å². The molecule has 0 bridgehead atoms. The van der Waals surface area contributed by atoms with Crippen molar-refractivity contribution in [3.05, 3.63) is 85.8 Å². The van der Waals surface area contributed by atoms with E-state index in [9.17, 15) is 25.0 Å². The molecule has 1 heterocycles. The summed E-state index contributed by atoms with van der Waals surface area (Å²) in [5.74, 6) is -1.20. The second-order valence-corrected chi connectivity index (χ2v) is 10.4. The number of hydrogen-bond acceptors (Lipinski definition) is 8. The van der Waals surface area contributed by atoms with Crippen LogP contribution in [0.5, 0.6) is 0 Å². The molecule has 188 valence electrons. The predicted molar refractivity (Wildman–Crippen MR) is 143 cm³/mol. The number of non-ortho nitro benzene ring substituents is 1. The van der Waals surface area contributed by atoms with Gasteiger partial charge in [0.15, 0.2) is 0 Å². The van der Waals surface area contributed by atoms with Crippen LogP contribution in [0.2, 0.25) is 0 Å². The lowest BCUT2D eigenvalue weighted by Gasteiger charge is -2.12. The van der Waals surface area contributed by atoms with E-state index in [1.54, 1.807) is 13.0 Å². The first kappa shape index (κ1) is 26.1. The molecule has 1 amide bonds. The number of carbonyl (C=O) groups is 2. The molecule has 1 aliphatic carbocycles. The molecule has 10 heteroatoms. The molecule has 4 rings (SSSR count). The molecule has 0 saturated heterocycles. The number of anilines is 1. The minimum atomic E-state index is -0.700. The van der Waals surface area contributed by atoms with Crippen LogP contribution in [-0.2, 0) is 22.4 Å². The highest BCUT2D eigenvalue weighted by Gasteiger charge is 2.28. The fourth-order valence-electron chi connectivity index (χ4n) is 4.02. The second-order valence-electron chi connectivity index (χ2n) is 8.15. The number of aryl methyl sites for hydroxylation is 1. The van der Waals surface area contributed by atoms with Crippen molar-refractivity contribution in [2.45, 2.75) is 42.4 Å². The fourth-order valence-corrected chi connectivity index (χ4v) is 6.21. The quantitative estimate of drug-likeness (QED) is 0.117. The third kappa shape index (κ3) is 6.07. The molecule has 1 aliphatic rings. The molecule has 2 aromatic carbocycles. The van der Waals surface area contributed by atoms with Crippen molar-refractivity contribution < 1.29 is 19.2 Å². The van der Waals surface area contributed by atoms with Crippen molar-refractivity contribution in [1.82, 2.24) is 0 Å². The summed E-state index contributed by atoms with van der Waals surface area (Å²) in [6.07, 6.45) is 4.83. The second kappa shape index (κ2) is 11.9. The van der Waals surface area contributed by atoms with Gasteiger partial charge in [-0.05, 0) is 68.0 Å². The monoisotopic (exact) mass is 533 g/mol. The van der Waals surface area contributed by atoms with Crippen molar-refractivity contribution in [3.8, 4) is 6.07 Å². The first-order chi connectivity index (χ1) is 17.9. The summed E-state index contributed by atoms with van der Waals surface area (Å²) >= 11 is 2.69. The first-order valence-electron chi connectivity index (χ1n) is 11.7. The van der Waals surface area contributed by atoms with Gasteiger partial charge in [-0.15, -0.1) is 11.3 Å². The van der Waals surface area contributed by atoms with E-state index in [0.717, 1.165) is 41.0 Å². The number of thiophene rings is 1. The van der Waals surface area contributed by atoms with E-state index in [1.807, 2.05) is 36.4 Å². The highest BCUT2D eigenvalue weighted by atomic mass is 32.2. The van der Waals surface area contributed by atoms with Crippen LogP contribution in [0.25, 0.3) is 6.08 Å². The molecule has 0 saturated carbocycles. The number of amides is 1. The zero-order valence-corrected chi connectivity index (χ0v) is 21.6. The molecule has 0 unspecified atom stereocenters. The molecule has 8 nitrogen and oxygen atoms in total. The highest BCUT2D eigenvalue weighted by molar-refractivity contribution is 7.99. The zero-order valence-electron chi connectivity index (χ0n) is 20.0. The van der Waals surface area contributed by atoms with Crippen LogP contribution >= 0.6 is 23.1 Å². The van der Waals surface area contributed by atoms with Crippen LogP contribution in [0.3, 0.4) is 0 Å². The standard InChI is InChI=1S/C27H23N3O5S2/c1-2-35-27(32)24-21-10-6-7-11-23(21)37-26(24)29-25(31)18(16-28)14-17-15-19(30(33)34)12-13-22(17)36-20-8-4-3-5-9-20/h3-5,8-9,12-15H,2,6-7,10-11H2,1H3,(H,29,31)/b18-14-. The lowest BCUT2D eigenvalue weighted by Crippen LogP contribution is -2.16. The zero-order chi connectivity index (χ0) is 26.4. The Morgan fingerprint density at radius 3 is 2.68 bits per heavy atom. The normalized spacial score (nSPS) is 12.8. The highest BCUT2D eigenvalue weighted by Crippen LogP contribution is 2.39. The molecule has 1 N–H and O–H groups in total. The van der Waals surface area contributed by atoms with Crippen molar-refractivity contribution in [3.63, 3.8) is 0 Å². The molecule has 3 aromatic rings. The van der Waals surface area contributed by atoms with E-state index in [2.05, 4.69) is 5.32 Å². The van der Waals surface area contributed by atoms with Crippen LogP contribution in [0, 0.1) is 21.4 Å². The Hall–Kier alpha value is -3.94. The maximum atomic E-state index is 13.2. The summed E-state index contributed by atoms with van der Waals surface area (Å²) in [6, 6.07) is 15.6. The number of rotatable bonds is 8. The molecular weight excluding hydrogens is 510 g/mol. The number of nitrogens with zero attached hydrogens (tertiary/aromatic N) is 2. The Labute approximate surface area is 222 Å². The Morgan fingerprint density at radius 1 is 1.22 bits per heavy atom. The van der Waals surface area contributed by atoms with Gasteiger partial charge in [0.25, 0.3) is 11.6 Å². The van der Waals surface area contributed by atoms with Gasteiger partial charge in [0.1, 0.15) is 16.6 Å².